The first-order chi connectivity index (χ1) is 13.5. The molecule has 1 amide bonds. The molecule has 4 rings (SSSR count). The molecule has 0 aliphatic heterocycles. The van der Waals surface area contributed by atoms with Crippen LogP contribution in [-0.4, -0.2) is 26.2 Å². The largest absolute Gasteiger partial charge is 0.467 e. The zero-order valence-electron chi connectivity index (χ0n) is 15.1. The minimum Gasteiger partial charge on any atom is -0.467 e. The Morgan fingerprint density at radius 1 is 1.39 bits per heavy atom. The summed E-state index contributed by atoms with van der Waals surface area (Å²) in [4.78, 5) is 35.9. The van der Waals surface area contributed by atoms with Gasteiger partial charge in [0.25, 0.3) is 5.56 Å². The van der Waals surface area contributed by atoms with Crippen molar-refractivity contribution in [2.45, 2.75) is 25.5 Å². The number of amides is 1. The second kappa shape index (κ2) is 7.90. The van der Waals surface area contributed by atoms with E-state index in [0.717, 1.165) is 10.4 Å². The number of aryl methyl sites for hydroxylation is 2. The second-order valence-corrected chi connectivity index (χ2v) is 9.04. The molecular weight excluding hydrogens is 416 g/mol. The number of nitrogens with zero attached hydrogens (tertiary/aromatic N) is 3. The molecule has 0 saturated carbocycles. The fourth-order valence-electron chi connectivity index (χ4n) is 2.69. The summed E-state index contributed by atoms with van der Waals surface area (Å²) in [5, 5.41) is 6.20. The summed E-state index contributed by atoms with van der Waals surface area (Å²) in [6.45, 7) is 4.18. The molecule has 0 aliphatic carbocycles. The van der Waals surface area contributed by atoms with Gasteiger partial charge in [-0.25, -0.2) is 9.97 Å². The Hall–Kier alpha value is -2.43. The van der Waals surface area contributed by atoms with Crippen molar-refractivity contribution in [2.75, 3.05) is 11.1 Å². The van der Waals surface area contributed by atoms with Crippen molar-refractivity contribution in [3.8, 4) is 0 Å². The maximum absolute atomic E-state index is 13.2. The summed E-state index contributed by atoms with van der Waals surface area (Å²) in [5.74, 6) is 0.582. The number of thiophene rings is 1. The van der Waals surface area contributed by atoms with Crippen molar-refractivity contribution in [3.05, 3.63) is 56.5 Å². The van der Waals surface area contributed by atoms with Gasteiger partial charge in [0, 0.05) is 16.5 Å². The Morgan fingerprint density at radius 2 is 2.25 bits per heavy atom. The molecule has 4 heterocycles. The number of hydrogen-bond acceptors (Lipinski definition) is 8. The van der Waals surface area contributed by atoms with Gasteiger partial charge in [0.2, 0.25) is 5.91 Å². The summed E-state index contributed by atoms with van der Waals surface area (Å²) in [5.41, 5.74) is 0.829. The number of rotatable bonds is 6. The van der Waals surface area contributed by atoms with Crippen molar-refractivity contribution in [1.29, 1.82) is 0 Å². The smallest absolute Gasteiger partial charge is 0.263 e. The lowest BCUT2D eigenvalue weighted by Gasteiger charge is -2.11. The molecule has 0 aliphatic rings. The van der Waals surface area contributed by atoms with Crippen LogP contribution in [-0.2, 0) is 11.3 Å². The van der Waals surface area contributed by atoms with Crippen LogP contribution in [0.3, 0.4) is 0 Å². The third-order valence-corrected chi connectivity index (χ3v) is 6.92. The maximum Gasteiger partial charge on any atom is 0.263 e. The van der Waals surface area contributed by atoms with E-state index in [4.69, 9.17) is 4.42 Å². The highest BCUT2D eigenvalue weighted by Gasteiger charge is 2.18. The zero-order valence-corrected chi connectivity index (χ0v) is 17.5. The SMILES string of the molecule is Cc1sc2nc(SCC(=O)Nc3nccs3)n(Cc3ccco3)c(=O)c2c1C. The van der Waals surface area contributed by atoms with Crippen LogP contribution in [0.15, 0.2) is 44.3 Å². The Kier molecular flexibility index (Phi) is 5.33. The number of hydrogen-bond donors (Lipinski definition) is 1. The van der Waals surface area contributed by atoms with Gasteiger partial charge < -0.3 is 9.73 Å². The number of aromatic nitrogens is 3. The van der Waals surface area contributed by atoms with Gasteiger partial charge in [-0.2, -0.15) is 0 Å². The molecule has 0 fully saturated rings. The molecule has 7 nitrogen and oxygen atoms in total. The van der Waals surface area contributed by atoms with Crippen LogP contribution >= 0.6 is 34.4 Å². The van der Waals surface area contributed by atoms with Gasteiger partial charge in [-0.15, -0.1) is 22.7 Å². The van der Waals surface area contributed by atoms with Gasteiger partial charge in [0.1, 0.15) is 10.6 Å². The van der Waals surface area contributed by atoms with E-state index in [1.165, 1.54) is 34.4 Å². The predicted molar refractivity (Wildman–Crippen MR) is 113 cm³/mol. The molecule has 0 saturated heterocycles. The van der Waals surface area contributed by atoms with Gasteiger partial charge >= 0.3 is 0 Å². The number of carbonyl (C=O) groups is 1. The molecule has 0 radical (unpaired) electrons. The van der Waals surface area contributed by atoms with Crippen molar-refractivity contribution in [2.24, 2.45) is 0 Å². The van der Waals surface area contributed by atoms with Gasteiger partial charge in [-0.3, -0.25) is 14.2 Å². The summed E-state index contributed by atoms with van der Waals surface area (Å²) in [7, 11) is 0. The lowest BCUT2D eigenvalue weighted by molar-refractivity contribution is -0.113. The van der Waals surface area contributed by atoms with Crippen LogP contribution in [0.25, 0.3) is 10.2 Å². The molecule has 28 heavy (non-hydrogen) atoms. The Morgan fingerprint density at radius 3 is 2.96 bits per heavy atom. The Balaban J connectivity index is 1.67. The van der Waals surface area contributed by atoms with Crippen molar-refractivity contribution in [1.82, 2.24) is 14.5 Å². The first kappa shape index (κ1) is 18.9. The molecule has 0 spiro atoms. The van der Waals surface area contributed by atoms with Gasteiger partial charge in [0.05, 0.1) is 23.9 Å². The fourth-order valence-corrected chi connectivity index (χ4v) is 5.10. The molecule has 1 N–H and O–H groups in total. The van der Waals surface area contributed by atoms with Gasteiger partial charge in [-0.1, -0.05) is 11.8 Å². The van der Waals surface area contributed by atoms with Crippen LogP contribution in [0.5, 0.6) is 0 Å². The highest BCUT2D eigenvalue weighted by molar-refractivity contribution is 7.99. The third kappa shape index (κ3) is 3.75. The van der Waals surface area contributed by atoms with E-state index in [9.17, 15) is 9.59 Å². The second-order valence-electron chi connectivity index (χ2n) is 6.00. The van der Waals surface area contributed by atoms with E-state index in [0.29, 0.717) is 26.3 Å². The van der Waals surface area contributed by atoms with Crippen molar-refractivity contribution < 1.29 is 9.21 Å². The molecule has 0 unspecified atom stereocenters. The van der Waals surface area contributed by atoms with E-state index >= 15 is 0 Å². The number of carbonyl (C=O) groups excluding carboxylic acids is 1. The summed E-state index contributed by atoms with van der Waals surface area (Å²) in [6.07, 6.45) is 3.20. The third-order valence-electron chi connectivity index (χ3n) is 4.16. The van der Waals surface area contributed by atoms with Gasteiger partial charge in [-0.05, 0) is 31.5 Å². The van der Waals surface area contributed by atoms with Crippen LogP contribution < -0.4 is 10.9 Å². The average Bonchev–Trinajstić information content (AvgIpc) is 3.40. The number of fused-ring (bicyclic) bond motifs is 1. The topological polar surface area (TPSA) is 90.0 Å². The number of thiazole rings is 1. The number of anilines is 1. The summed E-state index contributed by atoms with van der Waals surface area (Å²) >= 11 is 4.07. The standard InChI is InChI=1S/C18H16N4O3S3/c1-10-11(2)28-15-14(10)16(24)22(8-12-4-3-6-25-12)18(21-15)27-9-13(23)20-17-19-5-7-26-17/h3-7H,8-9H2,1-2H3,(H,19,20,23). The number of thioether (sulfide) groups is 1. The van der Waals surface area contributed by atoms with E-state index in [2.05, 4.69) is 15.3 Å². The summed E-state index contributed by atoms with van der Waals surface area (Å²) < 4.78 is 6.98. The van der Waals surface area contributed by atoms with Crippen LogP contribution in [0.1, 0.15) is 16.2 Å². The monoisotopic (exact) mass is 432 g/mol. The van der Waals surface area contributed by atoms with Crippen LogP contribution in [0.4, 0.5) is 5.13 Å². The number of furan rings is 1. The van der Waals surface area contributed by atoms with E-state index in [1.54, 1.807) is 28.5 Å². The highest BCUT2D eigenvalue weighted by atomic mass is 32.2. The molecule has 0 atom stereocenters. The molecule has 10 heteroatoms. The summed E-state index contributed by atoms with van der Waals surface area (Å²) in [6, 6.07) is 3.59. The van der Waals surface area contributed by atoms with E-state index in [-0.39, 0.29) is 23.8 Å². The van der Waals surface area contributed by atoms with E-state index in [1.807, 2.05) is 19.9 Å². The highest BCUT2D eigenvalue weighted by Crippen LogP contribution is 2.28. The quantitative estimate of drug-likeness (QED) is 0.367. The normalized spacial score (nSPS) is 11.2. The fraction of sp³-hybridized carbons (Fsp3) is 0.222. The molecular formula is C18H16N4O3S3. The Bertz CT molecular complexity index is 1180. The molecule has 0 aromatic carbocycles. The lowest BCUT2D eigenvalue weighted by atomic mass is 10.2. The van der Waals surface area contributed by atoms with Gasteiger partial charge in [0.15, 0.2) is 10.3 Å². The van der Waals surface area contributed by atoms with Crippen LogP contribution in [0, 0.1) is 13.8 Å². The van der Waals surface area contributed by atoms with Crippen LogP contribution in [0.2, 0.25) is 0 Å². The zero-order chi connectivity index (χ0) is 19.7. The first-order valence-electron chi connectivity index (χ1n) is 8.38. The van der Waals surface area contributed by atoms with E-state index < -0.39 is 0 Å². The molecule has 144 valence electrons. The maximum atomic E-state index is 13.2. The average molecular weight is 433 g/mol. The molecule has 0 bridgehead atoms. The molecule has 4 aromatic rings. The number of nitrogens with one attached hydrogen (secondary N) is 1. The first-order valence-corrected chi connectivity index (χ1v) is 11.1. The molecule has 4 aromatic heterocycles. The Labute approximate surface area is 172 Å². The van der Waals surface area contributed by atoms with Crippen molar-refractivity contribution in [3.63, 3.8) is 0 Å². The minimum atomic E-state index is -0.197. The van der Waals surface area contributed by atoms with Crippen molar-refractivity contribution >= 4 is 55.7 Å². The lowest BCUT2D eigenvalue weighted by Crippen LogP contribution is -2.24. The predicted octanol–water partition coefficient (Wildman–Crippen LogP) is 3.90. The minimum absolute atomic E-state index is 0.119.